The van der Waals surface area contributed by atoms with Gasteiger partial charge in [-0.2, -0.15) is 8.78 Å². The monoisotopic (exact) mass is 609 g/mol. The minimum atomic E-state index is -3.79. The first-order valence-corrected chi connectivity index (χ1v) is 14.2. The highest BCUT2D eigenvalue weighted by atomic mass is 79.9. The van der Waals surface area contributed by atoms with Crippen LogP contribution in [0.3, 0.4) is 0 Å². The second-order valence-corrected chi connectivity index (χ2v) is 12.2. The average Bonchev–Trinajstić information content (AvgIpc) is 3.31. The lowest BCUT2D eigenvalue weighted by atomic mass is 9.98. The molecule has 0 saturated carbocycles. The topological polar surface area (TPSA) is 78.5 Å². The fourth-order valence-electron chi connectivity index (χ4n) is 4.18. The van der Waals surface area contributed by atoms with E-state index in [-0.39, 0.29) is 56.0 Å². The van der Waals surface area contributed by atoms with Crippen LogP contribution in [-0.4, -0.2) is 57.8 Å². The first kappa shape index (κ1) is 28.9. The third-order valence-corrected chi connectivity index (χ3v) is 9.03. The lowest BCUT2D eigenvalue weighted by Crippen LogP contribution is -2.31. The number of hydrogen-bond donors (Lipinski definition) is 2. The SMILES string of the molecule is CCS(=O)(=O)c1ccc(Cl)cc1CNC(=O)c1cc(Br)c(CN2CC[C@H](NC)C2)c(C(F)(F)CF)c1. The first-order valence-electron chi connectivity index (χ1n) is 11.4. The number of carbonyl (C=O) groups is 1. The number of amides is 1. The molecule has 1 amide bonds. The Hall–Kier alpha value is -1.66. The van der Waals surface area contributed by atoms with Gasteiger partial charge in [0.2, 0.25) is 0 Å². The molecule has 0 aromatic heterocycles. The van der Waals surface area contributed by atoms with Crippen LogP contribution in [0.15, 0.2) is 39.7 Å². The van der Waals surface area contributed by atoms with Gasteiger partial charge in [-0.1, -0.05) is 34.5 Å². The van der Waals surface area contributed by atoms with Crippen molar-refractivity contribution in [2.24, 2.45) is 0 Å². The minimum absolute atomic E-state index is 0.0290. The maximum atomic E-state index is 14.7. The molecule has 2 aromatic rings. The summed E-state index contributed by atoms with van der Waals surface area (Å²) in [5, 5.41) is 6.02. The summed E-state index contributed by atoms with van der Waals surface area (Å²) < 4.78 is 67.8. The van der Waals surface area contributed by atoms with Gasteiger partial charge in [0.1, 0.15) is 0 Å². The quantitative estimate of drug-likeness (QED) is 0.409. The largest absolute Gasteiger partial charge is 0.348 e. The van der Waals surface area contributed by atoms with Gasteiger partial charge in [-0.05, 0) is 54.9 Å². The van der Waals surface area contributed by atoms with E-state index in [1.165, 1.54) is 31.2 Å². The van der Waals surface area contributed by atoms with Gasteiger partial charge in [0.15, 0.2) is 16.5 Å². The van der Waals surface area contributed by atoms with Gasteiger partial charge < -0.3 is 10.6 Å². The van der Waals surface area contributed by atoms with Crippen molar-refractivity contribution in [1.29, 1.82) is 0 Å². The van der Waals surface area contributed by atoms with Crippen LogP contribution in [0.1, 0.15) is 40.4 Å². The molecule has 2 N–H and O–H groups in total. The Morgan fingerprint density at radius 1 is 1.28 bits per heavy atom. The standard InChI is InChI=1S/C24H28BrClF3N3O3S/c1-3-36(34,35)22-5-4-17(26)8-16(22)11-31-23(33)15-9-20(24(28,29)14-27)19(21(25)10-15)13-32-7-6-18(12-32)30-2/h4-5,8-10,18,30H,3,6-7,11-14H2,1-2H3,(H,31,33)/t18-/m0/s1. The summed E-state index contributed by atoms with van der Waals surface area (Å²) in [4.78, 5) is 14.9. The van der Waals surface area contributed by atoms with E-state index in [2.05, 4.69) is 26.6 Å². The summed E-state index contributed by atoms with van der Waals surface area (Å²) in [5.41, 5.74) is -0.174. The number of likely N-dealkylation sites (N-methyl/N-ethyl adjacent to an activating group) is 1. The van der Waals surface area contributed by atoms with Crippen molar-refractivity contribution >= 4 is 43.3 Å². The lowest BCUT2D eigenvalue weighted by molar-refractivity contribution is -0.0293. The third kappa shape index (κ3) is 6.61. The van der Waals surface area contributed by atoms with Crippen molar-refractivity contribution in [3.8, 4) is 0 Å². The Labute approximate surface area is 222 Å². The van der Waals surface area contributed by atoms with E-state index < -0.39 is 33.9 Å². The zero-order valence-electron chi connectivity index (χ0n) is 19.9. The van der Waals surface area contributed by atoms with E-state index in [0.717, 1.165) is 12.5 Å². The van der Waals surface area contributed by atoms with Crippen molar-refractivity contribution in [3.63, 3.8) is 0 Å². The van der Waals surface area contributed by atoms with Crippen LogP contribution in [0.5, 0.6) is 0 Å². The molecule has 1 aliphatic heterocycles. The lowest BCUT2D eigenvalue weighted by Gasteiger charge is -2.24. The van der Waals surface area contributed by atoms with E-state index in [4.69, 9.17) is 11.6 Å². The normalized spacial score (nSPS) is 16.9. The molecule has 0 spiro atoms. The Morgan fingerprint density at radius 2 is 2.00 bits per heavy atom. The Balaban J connectivity index is 1.89. The number of rotatable bonds is 10. The summed E-state index contributed by atoms with van der Waals surface area (Å²) in [5.74, 6) is -4.64. The predicted octanol–water partition coefficient (Wildman–Crippen LogP) is 4.68. The molecule has 1 heterocycles. The summed E-state index contributed by atoms with van der Waals surface area (Å²) in [6.45, 7) is 0.933. The van der Waals surface area contributed by atoms with Crippen molar-refractivity contribution in [2.45, 2.75) is 43.3 Å². The van der Waals surface area contributed by atoms with Crippen LogP contribution in [0.4, 0.5) is 13.2 Å². The average molecular weight is 611 g/mol. The molecule has 1 atom stereocenters. The summed E-state index contributed by atoms with van der Waals surface area (Å²) >= 11 is 9.32. The number of nitrogens with zero attached hydrogens (tertiary/aromatic N) is 1. The molecular weight excluding hydrogens is 583 g/mol. The number of nitrogens with one attached hydrogen (secondary N) is 2. The van der Waals surface area contributed by atoms with E-state index in [0.29, 0.717) is 13.1 Å². The summed E-state index contributed by atoms with van der Waals surface area (Å²) in [6, 6.07) is 6.89. The molecule has 0 radical (unpaired) electrons. The molecule has 1 aliphatic rings. The number of sulfone groups is 1. The fraction of sp³-hybridized carbons (Fsp3) is 0.458. The Bertz CT molecular complexity index is 1230. The van der Waals surface area contributed by atoms with Crippen LogP contribution in [0.25, 0.3) is 0 Å². The fourth-order valence-corrected chi connectivity index (χ4v) is 6.08. The molecule has 1 saturated heterocycles. The minimum Gasteiger partial charge on any atom is -0.348 e. The predicted molar refractivity (Wildman–Crippen MR) is 137 cm³/mol. The Kier molecular flexibility index (Phi) is 9.48. The zero-order chi connectivity index (χ0) is 26.7. The number of hydrogen-bond acceptors (Lipinski definition) is 5. The highest BCUT2D eigenvalue weighted by Crippen LogP contribution is 2.37. The van der Waals surface area contributed by atoms with E-state index in [1.54, 1.807) is 0 Å². The smallest absolute Gasteiger partial charge is 0.301 e. The number of carbonyl (C=O) groups excluding carboxylic acids is 1. The molecule has 0 unspecified atom stereocenters. The number of likely N-dealkylation sites (tertiary alicyclic amines) is 1. The first-order chi connectivity index (χ1) is 16.9. The van der Waals surface area contributed by atoms with Crippen molar-refractivity contribution < 1.29 is 26.4 Å². The van der Waals surface area contributed by atoms with Gasteiger partial charge in [-0.15, -0.1) is 0 Å². The van der Waals surface area contributed by atoms with Gasteiger partial charge in [0.05, 0.1) is 10.6 Å². The molecule has 3 rings (SSSR count). The molecule has 36 heavy (non-hydrogen) atoms. The van der Waals surface area contributed by atoms with Crippen LogP contribution in [-0.2, 0) is 28.8 Å². The van der Waals surface area contributed by atoms with Gasteiger partial charge >= 0.3 is 5.92 Å². The number of halogens is 5. The molecule has 1 fully saturated rings. The van der Waals surface area contributed by atoms with Gasteiger partial charge in [0, 0.05) is 52.8 Å². The molecule has 0 aliphatic carbocycles. The Morgan fingerprint density at radius 3 is 2.61 bits per heavy atom. The number of alkyl halides is 3. The van der Waals surface area contributed by atoms with Gasteiger partial charge in [-0.25, -0.2) is 12.8 Å². The van der Waals surface area contributed by atoms with Crippen LogP contribution < -0.4 is 10.6 Å². The maximum Gasteiger partial charge on any atom is 0.301 e. The van der Waals surface area contributed by atoms with Gasteiger partial charge in [0.25, 0.3) is 5.91 Å². The summed E-state index contributed by atoms with van der Waals surface area (Å²) in [6.07, 6.45) is 0.864. The zero-order valence-corrected chi connectivity index (χ0v) is 23.0. The molecule has 0 bridgehead atoms. The molecular formula is C24H28BrClF3N3O3S. The number of benzene rings is 2. The van der Waals surface area contributed by atoms with Crippen LogP contribution >= 0.6 is 27.5 Å². The maximum absolute atomic E-state index is 14.7. The van der Waals surface area contributed by atoms with Crippen molar-refractivity contribution in [1.82, 2.24) is 15.5 Å². The molecule has 12 heteroatoms. The van der Waals surface area contributed by atoms with E-state index >= 15 is 0 Å². The third-order valence-electron chi connectivity index (χ3n) is 6.26. The van der Waals surface area contributed by atoms with Gasteiger partial charge in [-0.3, -0.25) is 9.69 Å². The van der Waals surface area contributed by atoms with Crippen LogP contribution in [0.2, 0.25) is 5.02 Å². The van der Waals surface area contributed by atoms with E-state index in [9.17, 15) is 26.4 Å². The van der Waals surface area contributed by atoms with Crippen molar-refractivity contribution in [3.05, 3.63) is 62.1 Å². The molecule has 6 nitrogen and oxygen atoms in total. The highest BCUT2D eigenvalue weighted by Gasteiger charge is 2.37. The molecule has 2 aromatic carbocycles. The van der Waals surface area contributed by atoms with Crippen LogP contribution in [0, 0.1) is 0 Å². The second-order valence-electron chi connectivity index (χ2n) is 8.67. The summed E-state index contributed by atoms with van der Waals surface area (Å²) in [7, 11) is -1.75. The molecule has 198 valence electrons. The van der Waals surface area contributed by atoms with Crippen molar-refractivity contribution in [2.75, 3.05) is 32.6 Å². The second kappa shape index (κ2) is 11.8. The highest BCUT2D eigenvalue weighted by molar-refractivity contribution is 9.10. The van der Waals surface area contributed by atoms with E-state index in [1.807, 2.05) is 11.9 Å².